The van der Waals surface area contributed by atoms with Gasteiger partial charge in [0.05, 0.1) is 29.1 Å². The number of hydrogen-bond acceptors (Lipinski definition) is 4. The van der Waals surface area contributed by atoms with Crippen LogP contribution in [0.5, 0.6) is 0 Å². The molecule has 1 aromatic heterocycles. The maximum absolute atomic E-state index is 12.1. The number of hydrogen-bond donors (Lipinski definition) is 2. The van der Waals surface area contributed by atoms with Gasteiger partial charge in [0.1, 0.15) is 0 Å². The number of benzene rings is 1. The van der Waals surface area contributed by atoms with Crippen molar-refractivity contribution >= 4 is 17.3 Å². The van der Waals surface area contributed by atoms with Gasteiger partial charge in [0, 0.05) is 11.9 Å². The van der Waals surface area contributed by atoms with Crippen molar-refractivity contribution in [2.75, 3.05) is 11.1 Å². The van der Waals surface area contributed by atoms with Gasteiger partial charge in [-0.1, -0.05) is 6.07 Å². The average Bonchev–Trinajstić information content (AvgIpc) is 2.41. The molecule has 0 spiro atoms. The molecule has 0 aliphatic rings. The van der Waals surface area contributed by atoms with Crippen LogP contribution in [-0.2, 0) is 0 Å². The Labute approximate surface area is 110 Å². The third kappa shape index (κ3) is 2.69. The summed E-state index contributed by atoms with van der Waals surface area (Å²) in [7, 11) is 0. The summed E-state index contributed by atoms with van der Waals surface area (Å²) < 4.78 is 0. The van der Waals surface area contributed by atoms with Crippen LogP contribution >= 0.6 is 0 Å². The van der Waals surface area contributed by atoms with Crippen molar-refractivity contribution in [3.05, 3.63) is 53.3 Å². The highest BCUT2D eigenvalue weighted by Crippen LogP contribution is 2.18. The molecule has 0 atom stereocenters. The topological polar surface area (TPSA) is 91.8 Å². The zero-order chi connectivity index (χ0) is 13.8. The first kappa shape index (κ1) is 12.6. The summed E-state index contributed by atoms with van der Waals surface area (Å²) in [6.45, 7) is 1.85. The SMILES string of the molecule is Cc1ccc(C#N)cc1NC(=O)c1ccncc1N. The minimum Gasteiger partial charge on any atom is -0.397 e. The van der Waals surface area contributed by atoms with Crippen molar-refractivity contribution in [3.8, 4) is 6.07 Å². The predicted molar refractivity (Wildman–Crippen MR) is 72.5 cm³/mol. The van der Waals surface area contributed by atoms with E-state index in [2.05, 4.69) is 10.3 Å². The van der Waals surface area contributed by atoms with Crippen LogP contribution < -0.4 is 11.1 Å². The van der Waals surface area contributed by atoms with Crippen LogP contribution in [0.25, 0.3) is 0 Å². The summed E-state index contributed by atoms with van der Waals surface area (Å²) >= 11 is 0. The second-order valence-electron chi connectivity index (χ2n) is 4.06. The lowest BCUT2D eigenvalue weighted by Crippen LogP contribution is -2.15. The Balaban J connectivity index is 2.30. The predicted octanol–water partition coefficient (Wildman–Crippen LogP) is 2.10. The summed E-state index contributed by atoms with van der Waals surface area (Å²) in [5.74, 6) is -0.321. The molecule has 1 amide bonds. The minimum atomic E-state index is -0.321. The number of aryl methyl sites for hydroxylation is 1. The molecule has 0 radical (unpaired) electrons. The van der Waals surface area contributed by atoms with Gasteiger partial charge >= 0.3 is 0 Å². The lowest BCUT2D eigenvalue weighted by molar-refractivity contribution is 0.102. The van der Waals surface area contributed by atoms with E-state index in [0.29, 0.717) is 22.5 Å². The zero-order valence-corrected chi connectivity index (χ0v) is 10.3. The molecule has 0 aliphatic heterocycles. The highest BCUT2D eigenvalue weighted by atomic mass is 16.1. The van der Waals surface area contributed by atoms with Gasteiger partial charge in [-0.2, -0.15) is 5.26 Å². The number of nitrogens with zero attached hydrogens (tertiary/aromatic N) is 2. The first-order valence-corrected chi connectivity index (χ1v) is 5.63. The van der Waals surface area contributed by atoms with Crippen LogP contribution in [0.15, 0.2) is 36.7 Å². The number of nitrogens with one attached hydrogen (secondary N) is 1. The van der Waals surface area contributed by atoms with Crippen molar-refractivity contribution in [3.63, 3.8) is 0 Å². The van der Waals surface area contributed by atoms with E-state index < -0.39 is 0 Å². The summed E-state index contributed by atoms with van der Waals surface area (Å²) in [6, 6.07) is 8.69. The van der Waals surface area contributed by atoms with Gasteiger partial charge < -0.3 is 11.1 Å². The first-order valence-electron chi connectivity index (χ1n) is 5.63. The van der Waals surface area contributed by atoms with Gasteiger partial charge in [0.15, 0.2) is 0 Å². The van der Waals surface area contributed by atoms with E-state index in [0.717, 1.165) is 5.56 Å². The molecule has 1 aromatic carbocycles. The summed E-state index contributed by atoms with van der Waals surface area (Å²) in [6.07, 6.45) is 2.93. The monoisotopic (exact) mass is 252 g/mol. The maximum atomic E-state index is 12.1. The second-order valence-corrected chi connectivity index (χ2v) is 4.06. The van der Waals surface area contributed by atoms with E-state index in [1.807, 2.05) is 13.0 Å². The van der Waals surface area contributed by atoms with Crippen molar-refractivity contribution in [2.45, 2.75) is 6.92 Å². The quantitative estimate of drug-likeness (QED) is 0.856. The fourth-order valence-corrected chi connectivity index (χ4v) is 1.63. The molecule has 1 heterocycles. The van der Waals surface area contributed by atoms with E-state index in [1.165, 1.54) is 12.4 Å². The van der Waals surface area contributed by atoms with Crippen LogP contribution in [0.4, 0.5) is 11.4 Å². The molecule has 0 unspecified atom stereocenters. The third-order valence-electron chi connectivity index (χ3n) is 2.71. The van der Waals surface area contributed by atoms with Gasteiger partial charge in [-0.3, -0.25) is 9.78 Å². The molecule has 0 saturated carbocycles. The number of carbonyl (C=O) groups excluding carboxylic acids is 1. The number of anilines is 2. The van der Waals surface area contributed by atoms with Crippen molar-refractivity contribution < 1.29 is 4.79 Å². The maximum Gasteiger partial charge on any atom is 0.257 e. The largest absolute Gasteiger partial charge is 0.397 e. The molecule has 2 aromatic rings. The fraction of sp³-hybridized carbons (Fsp3) is 0.0714. The Hall–Kier alpha value is -2.87. The highest BCUT2D eigenvalue weighted by molar-refractivity contribution is 6.07. The molecule has 94 valence electrons. The van der Waals surface area contributed by atoms with Crippen LogP contribution in [0.1, 0.15) is 21.5 Å². The Bertz CT molecular complexity index is 673. The number of aromatic nitrogens is 1. The van der Waals surface area contributed by atoms with E-state index in [1.54, 1.807) is 24.3 Å². The molecular weight excluding hydrogens is 240 g/mol. The molecule has 2 rings (SSSR count). The summed E-state index contributed by atoms with van der Waals surface area (Å²) in [5, 5.41) is 11.6. The van der Waals surface area contributed by atoms with Crippen LogP contribution in [0.2, 0.25) is 0 Å². The second kappa shape index (κ2) is 5.19. The van der Waals surface area contributed by atoms with Gasteiger partial charge in [-0.15, -0.1) is 0 Å². The third-order valence-corrected chi connectivity index (χ3v) is 2.71. The molecule has 0 fully saturated rings. The standard InChI is InChI=1S/C14H12N4O/c1-9-2-3-10(7-15)6-13(9)18-14(19)11-4-5-17-8-12(11)16/h2-6,8H,16H2,1H3,(H,18,19). The zero-order valence-electron chi connectivity index (χ0n) is 10.3. The summed E-state index contributed by atoms with van der Waals surface area (Å²) in [4.78, 5) is 15.9. The van der Waals surface area contributed by atoms with Gasteiger partial charge in [-0.25, -0.2) is 0 Å². The van der Waals surface area contributed by atoms with Crippen LogP contribution in [0, 0.1) is 18.3 Å². The first-order chi connectivity index (χ1) is 9.11. The molecule has 0 saturated heterocycles. The van der Waals surface area contributed by atoms with Crippen molar-refractivity contribution in [1.29, 1.82) is 5.26 Å². The molecule has 19 heavy (non-hydrogen) atoms. The smallest absolute Gasteiger partial charge is 0.257 e. The Kier molecular flexibility index (Phi) is 3.44. The molecule has 5 nitrogen and oxygen atoms in total. The van der Waals surface area contributed by atoms with E-state index in [-0.39, 0.29) is 5.91 Å². The van der Waals surface area contributed by atoms with Crippen molar-refractivity contribution in [2.24, 2.45) is 0 Å². The van der Waals surface area contributed by atoms with E-state index >= 15 is 0 Å². The molecule has 0 aliphatic carbocycles. The van der Waals surface area contributed by atoms with Gasteiger partial charge in [-0.05, 0) is 30.7 Å². The molecule has 3 N–H and O–H groups in total. The average molecular weight is 252 g/mol. The Morgan fingerprint density at radius 3 is 2.89 bits per heavy atom. The highest BCUT2D eigenvalue weighted by Gasteiger charge is 2.11. The van der Waals surface area contributed by atoms with Crippen molar-refractivity contribution in [1.82, 2.24) is 4.98 Å². The number of nitrogen functional groups attached to an aromatic ring is 1. The molecule has 5 heteroatoms. The number of rotatable bonds is 2. The van der Waals surface area contributed by atoms with Gasteiger partial charge in [0.25, 0.3) is 5.91 Å². The van der Waals surface area contributed by atoms with E-state index in [9.17, 15) is 4.79 Å². The molecular formula is C14H12N4O. The number of amides is 1. The normalized spacial score (nSPS) is 9.68. The lowest BCUT2D eigenvalue weighted by atomic mass is 10.1. The van der Waals surface area contributed by atoms with E-state index in [4.69, 9.17) is 11.0 Å². The number of nitrogens with two attached hydrogens (primary N) is 1. The fourth-order valence-electron chi connectivity index (χ4n) is 1.63. The Morgan fingerprint density at radius 2 is 2.21 bits per heavy atom. The number of carbonyl (C=O) groups is 1. The Morgan fingerprint density at radius 1 is 1.42 bits per heavy atom. The molecule has 0 bridgehead atoms. The number of nitriles is 1. The number of pyridine rings is 1. The van der Waals surface area contributed by atoms with Gasteiger partial charge in [0.2, 0.25) is 0 Å². The van der Waals surface area contributed by atoms with Crippen LogP contribution in [-0.4, -0.2) is 10.9 Å². The minimum absolute atomic E-state index is 0.314. The lowest BCUT2D eigenvalue weighted by Gasteiger charge is -2.09. The summed E-state index contributed by atoms with van der Waals surface area (Å²) in [5.41, 5.74) is 8.33. The van der Waals surface area contributed by atoms with Crippen LogP contribution in [0.3, 0.4) is 0 Å².